The monoisotopic (exact) mass is 285 g/mol. The van der Waals surface area contributed by atoms with Crippen molar-refractivity contribution in [1.29, 1.82) is 0 Å². The predicted molar refractivity (Wildman–Crippen MR) is 74.6 cm³/mol. The molecule has 1 saturated heterocycles. The number of hydrogen-bond acceptors (Lipinski definition) is 8. The number of rotatable bonds is 6. The Morgan fingerprint density at radius 1 is 1.32 bits per heavy atom. The average molecular weight is 285 g/mol. The summed E-state index contributed by atoms with van der Waals surface area (Å²) in [6.07, 6.45) is 1.56. The van der Waals surface area contributed by atoms with E-state index in [2.05, 4.69) is 25.2 Å². The molecule has 7 nitrogen and oxygen atoms in total. The maximum Gasteiger partial charge on any atom is 0.231 e. The fourth-order valence-electron chi connectivity index (χ4n) is 1.80. The first-order valence-corrected chi connectivity index (χ1v) is 7.32. The molecule has 0 spiro atoms. The largest absolute Gasteiger partial charge is 0.394 e. The van der Waals surface area contributed by atoms with Gasteiger partial charge in [-0.15, -0.1) is 0 Å². The highest BCUT2D eigenvalue weighted by atomic mass is 32.2. The molecule has 3 N–H and O–H groups in total. The summed E-state index contributed by atoms with van der Waals surface area (Å²) in [6, 6.07) is 0. The van der Waals surface area contributed by atoms with Crippen LogP contribution in [0.25, 0.3) is 0 Å². The topological polar surface area (TPSA) is 94.4 Å². The van der Waals surface area contributed by atoms with Crippen LogP contribution >= 0.6 is 11.8 Å². The summed E-state index contributed by atoms with van der Waals surface area (Å²) in [4.78, 5) is 15.1. The van der Waals surface area contributed by atoms with Gasteiger partial charge < -0.3 is 20.4 Å². The normalized spacial score (nSPS) is 16.7. The maximum atomic E-state index is 9.36. The van der Waals surface area contributed by atoms with E-state index in [-0.39, 0.29) is 6.61 Å². The number of anilines is 2. The van der Waals surface area contributed by atoms with Crippen molar-refractivity contribution in [3.8, 4) is 0 Å². The van der Waals surface area contributed by atoms with Crippen molar-refractivity contribution >= 4 is 23.7 Å². The van der Waals surface area contributed by atoms with Gasteiger partial charge in [-0.2, -0.15) is 15.0 Å². The fraction of sp³-hybridized carbons (Fsp3) is 0.727. The van der Waals surface area contributed by atoms with Gasteiger partial charge in [0.05, 0.1) is 12.7 Å². The summed E-state index contributed by atoms with van der Waals surface area (Å²) < 4.78 is 0. The second kappa shape index (κ2) is 6.88. The molecule has 8 heteroatoms. The van der Waals surface area contributed by atoms with Gasteiger partial charge in [-0.1, -0.05) is 11.8 Å². The van der Waals surface area contributed by atoms with Gasteiger partial charge in [0, 0.05) is 25.9 Å². The van der Waals surface area contributed by atoms with E-state index in [1.54, 1.807) is 7.05 Å². The minimum absolute atomic E-state index is 0.254. The third kappa shape index (κ3) is 3.92. The lowest BCUT2D eigenvalue weighted by atomic mass is 10.4. The minimum Gasteiger partial charge on any atom is -0.394 e. The number of aliphatic hydroxyl groups excluding tert-OH is 2. The highest BCUT2D eigenvalue weighted by Gasteiger charge is 2.17. The van der Waals surface area contributed by atoms with E-state index < -0.39 is 6.10 Å². The molecule has 0 aliphatic carbocycles. The molecule has 2 heterocycles. The molecule has 1 aromatic rings. The number of aliphatic hydroxyl groups is 2. The third-order valence-electron chi connectivity index (χ3n) is 2.83. The standard InChI is InChI=1S/C11H19N5O2S/c1-12-9-13-10(16-4-2-3-5-16)15-11(14-9)19-7-8(18)6-17/h8,17-18H,2-7H2,1H3,(H,12,13,14,15). The molecule has 0 bridgehead atoms. The fourth-order valence-corrected chi connectivity index (χ4v) is 2.55. The number of nitrogens with zero attached hydrogens (tertiary/aromatic N) is 4. The van der Waals surface area contributed by atoms with Gasteiger partial charge in [0.1, 0.15) is 0 Å². The quantitative estimate of drug-likeness (QED) is 0.627. The summed E-state index contributed by atoms with van der Waals surface area (Å²) in [5.41, 5.74) is 0. The van der Waals surface area contributed by atoms with E-state index in [9.17, 15) is 5.11 Å². The Morgan fingerprint density at radius 3 is 2.68 bits per heavy atom. The first kappa shape index (κ1) is 14.3. The number of hydrogen-bond donors (Lipinski definition) is 3. The molecule has 1 atom stereocenters. The molecule has 1 aliphatic rings. The van der Waals surface area contributed by atoms with Gasteiger partial charge in [-0.05, 0) is 12.8 Å². The van der Waals surface area contributed by atoms with E-state index in [1.165, 1.54) is 11.8 Å². The lowest BCUT2D eigenvalue weighted by Gasteiger charge is -2.16. The minimum atomic E-state index is -0.755. The molecule has 0 saturated carbocycles. The lowest BCUT2D eigenvalue weighted by molar-refractivity contribution is 0.113. The lowest BCUT2D eigenvalue weighted by Crippen LogP contribution is -2.22. The highest BCUT2D eigenvalue weighted by molar-refractivity contribution is 7.99. The summed E-state index contributed by atoms with van der Waals surface area (Å²) in [5, 5.41) is 21.6. The molecular weight excluding hydrogens is 266 g/mol. The molecule has 1 unspecified atom stereocenters. The van der Waals surface area contributed by atoms with Crippen molar-refractivity contribution in [3.63, 3.8) is 0 Å². The predicted octanol–water partition coefficient (Wildman–Crippen LogP) is -0.0412. The zero-order valence-corrected chi connectivity index (χ0v) is 11.7. The van der Waals surface area contributed by atoms with Crippen molar-refractivity contribution in [1.82, 2.24) is 15.0 Å². The van der Waals surface area contributed by atoms with Gasteiger partial charge in [-0.3, -0.25) is 0 Å². The Hall–Kier alpha value is -1.12. The molecule has 0 radical (unpaired) electrons. The summed E-state index contributed by atoms with van der Waals surface area (Å²) in [5.74, 6) is 1.57. The van der Waals surface area contributed by atoms with Gasteiger partial charge in [0.25, 0.3) is 0 Å². The molecule has 1 aliphatic heterocycles. The van der Waals surface area contributed by atoms with Crippen LogP contribution in [0.2, 0.25) is 0 Å². The maximum absolute atomic E-state index is 9.36. The van der Waals surface area contributed by atoms with Gasteiger partial charge >= 0.3 is 0 Å². The van der Waals surface area contributed by atoms with Gasteiger partial charge in [0.15, 0.2) is 5.16 Å². The second-order valence-electron chi connectivity index (χ2n) is 4.33. The molecule has 106 valence electrons. The third-order valence-corrected chi connectivity index (χ3v) is 3.82. The van der Waals surface area contributed by atoms with Crippen molar-refractivity contribution in [2.24, 2.45) is 0 Å². The molecule has 0 aromatic carbocycles. The zero-order chi connectivity index (χ0) is 13.7. The van der Waals surface area contributed by atoms with Crippen LogP contribution in [-0.4, -0.2) is 63.8 Å². The Balaban J connectivity index is 2.11. The number of nitrogens with one attached hydrogen (secondary N) is 1. The average Bonchev–Trinajstić information content (AvgIpc) is 2.98. The highest BCUT2D eigenvalue weighted by Crippen LogP contribution is 2.21. The molecular formula is C11H19N5O2S. The van der Waals surface area contributed by atoms with Crippen LogP contribution in [-0.2, 0) is 0 Å². The van der Waals surface area contributed by atoms with Crippen LogP contribution < -0.4 is 10.2 Å². The van der Waals surface area contributed by atoms with E-state index in [1.807, 2.05) is 0 Å². The van der Waals surface area contributed by atoms with Crippen LogP contribution in [0.4, 0.5) is 11.9 Å². The summed E-state index contributed by atoms with van der Waals surface area (Å²) in [7, 11) is 1.76. The smallest absolute Gasteiger partial charge is 0.231 e. The molecule has 1 fully saturated rings. The van der Waals surface area contributed by atoms with Crippen LogP contribution in [0.5, 0.6) is 0 Å². The van der Waals surface area contributed by atoms with Crippen molar-refractivity contribution in [3.05, 3.63) is 0 Å². The Labute approximate surface area is 116 Å². The van der Waals surface area contributed by atoms with E-state index in [0.29, 0.717) is 22.8 Å². The van der Waals surface area contributed by atoms with Crippen LogP contribution in [0.1, 0.15) is 12.8 Å². The van der Waals surface area contributed by atoms with Crippen LogP contribution in [0.15, 0.2) is 5.16 Å². The number of aromatic nitrogens is 3. The van der Waals surface area contributed by atoms with E-state index in [4.69, 9.17) is 5.11 Å². The molecule has 2 rings (SSSR count). The van der Waals surface area contributed by atoms with E-state index in [0.717, 1.165) is 25.9 Å². The zero-order valence-electron chi connectivity index (χ0n) is 10.9. The Morgan fingerprint density at radius 2 is 2.05 bits per heavy atom. The van der Waals surface area contributed by atoms with Crippen molar-refractivity contribution in [2.45, 2.75) is 24.1 Å². The van der Waals surface area contributed by atoms with Crippen molar-refractivity contribution in [2.75, 3.05) is 42.7 Å². The Bertz CT molecular complexity index is 414. The van der Waals surface area contributed by atoms with Gasteiger partial charge in [-0.25, -0.2) is 0 Å². The first-order valence-electron chi connectivity index (χ1n) is 6.33. The van der Waals surface area contributed by atoms with Crippen LogP contribution in [0, 0.1) is 0 Å². The Kier molecular flexibility index (Phi) is 5.17. The first-order chi connectivity index (χ1) is 9.22. The van der Waals surface area contributed by atoms with Crippen molar-refractivity contribution < 1.29 is 10.2 Å². The second-order valence-corrected chi connectivity index (χ2v) is 5.32. The molecule has 19 heavy (non-hydrogen) atoms. The summed E-state index contributed by atoms with van der Waals surface area (Å²) in [6.45, 7) is 1.68. The van der Waals surface area contributed by atoms with Gasteiger partial charge in [0.2, 0.25) is 11.9 Å². The number of thioether (sulfide) groups is 1. The van der Waals surface area contributed by atoms with Crippen LogP contribution in [0.3, 0.4) is 0 Å². The van der Waals surface area contributed by atoms with E-state index >= 15 is 0 Å². The molecule has 1 aromatic heterocycles. The SMILES string of the molecule is CNc1nc(SCC(O)CO)nc(N2CCCC2)n1. The summed E-state index contributed by atoms with van der Waals surface area (Å²) >= 11 is 1.32. The molecule has 0 amide bonds.